The summed E-state index contributed by atoms with van der Waals surface area (Å²) in [5.74, 6) is 0. The van der Waals surface area contributed by atoms with E-state index in [-0.39, 0.29) is 12.8 Å². The Kier molecular flexibility index (Phi) is 6.59. The van der Waals surface area contributed by atoms with Crippen LogP contribution in [0.5, 0.6) is 0 Å². The molecule has 0 bridgehead atoms. The molecule has 0 saturated heterocycles. The number of aliphatic hydroxyl groups excluding tert-OH is 3. The predicted octanol–water partition coefficient (Wildman–Crippen LogP) is 2.85. The van der Waals surface area contributed by atoms with Crippen LogP contribution in [0.3, 0.4) is 0 Å². The maximum Gasteiger partial charge on any atom is 0.0814 e. The Bertz CT molecular complexity index is 527. The summed E-state index contributed by atoms with van der Waals surface area (Å²) < 4.78 is 0. The zero-order valence-corrected chi connectivity index (χ0v) is 12.7. The van der Waals surface area contributed by atoms with Crippen LogP contribution < -0.4 is 0 Å². The van der Waals surface area contributed by atoms with Crippen molar-refractivity contribution in [2.24, 2.45) is 0 Å². The van der Waals surface area contributed by atoms with Crippen LogP contribution in [-0.2, 0) is 6.42 Å². The molecule has 3 nitrogen and oxygen atoms in total. The van der Waals surface area contributed by atoms with Gasteiger partial charge in [0.1, 0.15) is 0 Å². The topological polar surface area (TPSA) is 60.7 Å². The van der Waals surface area contributed by atoms with Crippen molar-refractivity contribution in [2.75, 3.05) is 0 Å². The highest BCUT2D eigenvalue weighted by atomic mass is 16.3. The molecular formula is C19H24O3. The smallest absolute Gasteiger partial charge is 0.0814 e. The molecule has 0 aromatic heterocycles. The summed E-state index contributed by atoms with van der Waals surface area (Å²) >= 11 is 0. The number of rotatable bonds is 8. The Labute approximate surface area is 131 Å². The standard InChI is InChI=1S/C19H24O3/c20-17(12-11-15-7-3-1-4-8-15)13-18(21)14-19(22)16-9-5-2-6-10-16/h1-10,17-22H,11-14H2. The van der Waals surface area contributed by atoms with Crippen molar-refractivity contribution >= 4 is 0 Å². The van der Waals surface area contributed by atoms with E-state index in [4.69, 9.17) is 0 Å². The predicted molar refractivity (Wildman–Crippen MR) is 87.4 cm³/mol. The summed E-state index contributed by atoms with van der Waals surface area (Å²) in [6.07, 6.45) is -0.0293. The SMILES string of the molecule is OC(CCc1ccccc1)CC(O)CC(O)c1ccccc1. The van der Waals surface area contributed by atoms with E-state index in [9.17, 15) is 15.3 Å². The number of hydrogen-bond acceptors (Lipinski definition) is 3. The van der Waals surface area contributed by atoms with Crippen LogP contribution in [0.2, 0.25) is 0 Å². The second kappa shape index (κ2) is 8.69. The fourth-order valence-corrected chi connectivity index (χ4v) is 2.58. The van der Waals surface area contributed by atoms with Gasteiger partial charge in [-0.2, -0.15) is 0 Å². The van der Waals surface area contributed by atoms with Crippen molar-refractivity contribution in [1.82, 2.24) is 0 Å². The molecule has 0 spiro atoms. The average Bonchev–Trinajstić information content (AvgIpc) is 2.54. The van der Waals surface area contributed by atoms with Crippen LogP contribution in [0.15, 0.2) is 60.7 Å². The third-order valence-corrected chi connectivity index (χ3v) is 3.83. The van der Waals surface area contributed by atoms with E-state index >= 15 is 0 Å². The lowest BCUT2D eigenvalue weighted by Crippen LogP contribution is -2.20. The molecule has 118 valence electrons. The van der Waals surface area contributed by atoms with Crippen LogP contribution in [0, 0.1) is 0 Å². The quantitative estimate of drug-likeness (QED) is 0.702. The van der Waals surface area contributed by atoms with E-state index in [1.807, 2.05) is 60.7 Å². The second-order valence-electron chi connectivity index (χ2n) is 5.73. The average molecular weight is 300 g/mol. The van der Waals surface area contributed by atoms with Gasteiger partial charge in [-0.05, 0) is 30.4 Å². The van der Waals surface area contributed by atoms with E-state index < -0.39 is 18.3 Å². The Morgan fingerprint density at radius 3 is 1.91 bits per heavy atom. The molecule has 0 aliphatic carbocycles. The molecule has 3 N–H and O–H groups in total. The molecule has 3 atom stereocenters. The minimum absolute atomic E-state index is 0.242. The van der Waals surface area contributed by atoms with Crippen LogP contribution in [-0.4, -0.2) is 27.5 Å². The molecule has 0 amide bonds. The lowest BCUT2D eigenvalue weighted by atomic mass is 9.97. The van der Waals surface area contributed by atoms with Crippen molar-refractivity contribution in [3.63, 3.8) is 0 Å². The molecule has 2 aromatic carbocycles. The van der Waals surface area contributed by atoms with Crippen LogP contribution in [0.4, 0.5) is 0 Å². The molecule has 3 unspecified atom stereocenters. The highest BCUT2D eigenvalue weighted by Crippen LogP contribution is 2.20. The van der Waals surface area contributed by atoms with Crippen molar-refractivity contribution in [1.29, 1.82) is 0 Å². The van der Waals surface area contributed by atoms with Crippen LogP contribution in [0.25, 0.3) is 0 Å². The molecule has 0 aliphatic rings. The number of hydrogen-bond donors (Lipinski definition) is 3. The van der Waals surface area contributed by atoms with Crippen molar-refractivity contribution in [3.05, 3.63) is 71.8 Å². The first kappa shape index (κ1) is 16.7. The Morgan fingerprint density at radius 2 is 1.27 bits per heavy atom. The van der Waals surface area contributed by atoms with E-state index in [0.717, 1.165) is 12.0 Å². The van der Waals surface area contributed by atoms with Crippen LogP contribution >= 0.6 is 0 Å². The normalized spacial score (nSPS) is 15.2. The van der Waals surface area contributed by atoms with Gasteiger partial charge in [0.25, 0.3) is 0 Å². The molecule has 0 fully saturated rings. The fourth-order valence-electron chi connectivity index (χ4n) is 2.58. The molecular weight excluding hydrogens is 276 g/mol. The number of aryl methyl sites for hydroxylation is 1. The van der Waals surface area contributed by atoms with Gasteiger partial charge >= 0.3 is 0 Å². The third kappa shape index (κ3) is 5.60. The maximum absolute atomic E-state index is 10.1. The summed E-state index contributed by atoms with van der Waals surface area (Å²) in [5.41, 5.74) is 1.97. The first-order valence-electron chi connectivity index (χ1n) is 7.78. The zero-order valence-electron chi connectivity index (χ0n) is 12.7. The van der Waals surface area contributed by atoms with Crippen molar-refractivity contribution < 1.29 is 15.3 Å². The molecule has 0 aliphatic heterocycles. The van der Waals surface area contributed by atoms with Crippen molar-refractivity contribution in [2.45, 2.75) is 44.0 Å². The fraction of sp³-hybridized carbons (Fsp3) is 0.368. The lowest BCUT2D eigenvalue weighted by Gasteiger charge is -2.19. The first-order valence-corrected chi connectivity index (χ1v) is 7.78. The molecule has 0 saturated carbocycles. The van der Waals surface area contributed by atoms with Gasteiger partial charge in [0, 0.05) is 6.42 Å². The summed E-state index contributed by atoms with van der Waals surface area (Å²) in [6.45, 7) is 0. The Balaban J connectivity index is 1.73. The van der Waals surface area contributed by atoms with E-state index in [2.05, 4.69) is 0 Å². The van der Waals surface area contributed by atoms with Gasteiger partial charge in [-0.3, -0.25) is 0 Å². The highest BCUT2D eigenvalue weighted by Gasteiger charge is 2.17. The van der Waals surface area contributed by atoms with Gasteiger partial charge in [0.2, 0.25) is 0 Å². The summed E-state index contributed by atoms with van der Waals surface area (Å²) in [5, 5.41) is 30.1. The Hall–Kier alpha value is -1.68. The summed E-state index contributed by atoms with van der Waals surface area (Å²) in [4.78, 5) is 0. The molecule has 22 heavy (non-hydrogen) atoms. The summed E-state index contributed by atoms with van der Waals surface area (Å²) in [6, 6.07) is 19.3. The monoisotopic (exact) mass is 300 g/mol. The number of benzene rings is 2. The van der Waals surface area contributed by atoms with Crippen molar-refractivity contribution in [3.8, 4) is 0 Å². The van der Waals surface area contributed by atoms with Gasteiger partial charge in [-0.15, -0.1) is 0 Å². The first-order chi connectivity index (χ1) is 10.6. The zero-order chi connectivity index (χ0) is 15.8. The maximum atomic E-state index is 10.1. The van der Waals surface area contributed by atoms with Gasteiger partial charge in [-0.25, -0.2) is 0 Å². The molecule has 0 heterocycles. The molecule has 3 heteroatoms. The number of aliphatic hydroxyl groups is 3. The van der Waals surface area contributed by atoms with Crippen LogP contribution in [0.1, 0.15) is 36.5 Å². The van der Waals surface area contributed by atoms with E-state index in [1.54, 1.807) is 0 Å². The molecule has 2 rings (SSSR count). The Morgan fingerprint density at radius 1 is 0.682 bits per heavy atom. The van der Waals surface area contributed by atoms with Gasteiger partial charge < -0.3 is 15.3 Å². The highest BCUT2D eigenvalue weighted by molar-refractivity contribution is 5.17. The minimum Gasteiger partial charge on any atom is -0.393 e. The molecule has 2 aromatic rings. The van der Waals surface area contributed by atoms with Gasteiger partial charge in [0.15, 0.2) is 0 Å². The minimum atomic E-state index is -0.707. The van der Waals surface area contributed by atoms with E-state index in [0.29, 0.717) is 6.42 Å². The molecule has 0 radical (unpaired) electrons. The van der Waals surface area contributed by atoms with E-state index in [1.165, 1.54) is 5.56 Å². The second-order valence-corrected chi connectivity index (χ2v) is 5.73. The summed E-state index contributed by atoms with van der Waals surface area (Å²) in [7, 11) is 0. The van der Waals surface area contributed by atoms with Gasteiger partial charge in [0.05, 0.1) is 18.3 Å². The largest absolute Gasteiger partial charge is 0.393 e. The van der Waals surface area contributed by atoms with Gasteiger partial charge in [-0.1, -0.05) is 60.7 Å². The third-order valence-electron chi connectivity index (χ3n) is 3.83. The lowest BCUT2D eigenvalue weighted by molar-refractivity contribution is 0.0370.